The van der Waals surface area contributed by atoms with Crippen molar-refractivity contribution in [2.45, 2.75) is 6.92 Å². The third kappa shape index (κ3) is 1.65. The molecular weight excluding hydrogens is 243 g/mol. The van der Waals surface area contributed by atoms with Crippen molar-refractivity contribution in [2.75, 3.05) is 0 Å². The maximum absolute atomic E-state index is 12.8. The summed E-state index contributed by atoms with van der Waals surface area (Å²) in [7, 11) is 0. The highest BCUT2D eigenvalue weighted by Crippen LogP contribution is 2.31. The summed E-state index contributed by atoms with van der Waals surface area (Å²) in [6, 6.07) is 1.06. The van der Waals surface area contributed by atoms with E-state index in [1.807, 2.05) is 0 Å². The molecule has 1 rings (SSSR count). The molecule has 1 aromatic rings. The van der Waals surface area contributed by atoms with Gasteiger partial charge in [0.15, 0.2) is 11.6 Å². The molecule has 5 heteroatoms. The summed E-state index contributed by atoms with van der Waals surface area (Å²) in [5.74, 6) is -3.14. The molecule has 0 fully saturated rings. The summed E-state index contributed by atoms with van der Waals surface area (Å²) < 4.78 is 13.0. The van der Waals surface area contributed by atoms with Gasteiger partial charge in [0.1, 0.15) is 5.56 Å². The van der Waals surface area contributed by atoms with Crippen LogP contribution in [-0.4, -0.2) is 16.2 Å². The number of aromatic hydroxyl groups is 1. The number of aromatic carboxylic acids is 1. The monoisotopic (exact) mass is 248 g/mol. The Hall–Kier alpha value is -1.10. The molecule has 0 saturated heterocycles. The Kier molecular flexibility index (Phi) is 2.56. The zero-order valence-corrected chi connectivity index (χ0v) is 8.22. The zero-order chi connectivity index (χ0) is 10.2. The molecule has 0 heterocycles. The molecule has 0 atom stereocenters. The summed E-state index contributed by atoms with van der Waals surface area (Å²) >= 11 is 2.96. The van der Waals surface area contributed by atoms with Crippen LogP contribution in [0.3, 0.4) is 0 Å². The van der Waals surface area contributed by atoms with E-state index in [0.29, 0.717) is 5.56 Å². The van der Waals surface area contributed by atoms with Gasteiger partial charge in [-0.15, -0.1) is 0 Å². The largest absolute Gasteiger partial charge is 0.504 e. The normalized spacial score (nSPS) is 10.1. The Morgan fingerprint density at radius 1 is 1.62 bits per heavy atom. The molecule has 0 saturated carbocycles. The Labute approximate surface area is 81.9 Å². The molecule has 0 aliphatic heterocycles. The van der Waals surface area contributed by atoms with Crippen LogP contribution >= 0.6 is 15.9 Å². The van der Waals surface area contributed by atoms with Crippen molar-refractivity contribution in [3.05, 3.63) is 27.5 Å². The topological polar surface area (TPSA) is 57.5 Å². The van der Waals surface area contributed by atoms with E-state index in [9.17, 15) is 9.18 Å². The molecule has 0 spiro atoms. The van der Waals surface area contributed by atoms with Crippen molar-refractivity contribution < 1.29 is 19.4 Å². The standard InChI is InChI=1S/C8H6BrFO3/c1-3-2-4(10)7(11)5(6(3)9)8(12)13/h2,11H,1H3,(H,12,13). The number of rotatable bonds is 1. The number of halogens is 2. The SMILES string of the molecule is Cc1cc(F)c(O)c(C(=O)O)c1Br. The quantitative estimate of drug-likeness (QED) is 0.802. The molecule has 0 unspecified atom stereocenters. The number of benzene rings is 1. The predicted molar refractivity (Wildman–Crippen MR) is 47.5 cm³/mol. The molecule has 70 valence electrons. The van der Waals surface area contributed by atoms with Gasteiger partial charge in [-0.1, -0.05) is 0 Å². The summed E-state index contributed by atoms with van der Waals surface area (Å²) in [6.45, 7) is 1.54. The minimum atomic E-state index is -1.37. The maximum Gasteiger partial charge on any atom is 0.340 e. The number of hydrogen-bond acceptors (Lipinski definition) is 2. The number of hydrogen-bond donors (Lipinski definition) is 2. The van der Waals surface area contributed by atoms with Crippen LogP contribution in [0.25, 0.3) is 0 Å². The van der Waals surface area contributed by atoms with Gasteiger partial charge in [-0.2, -0.15) is 0 Å². The van der Waals surface area contributed by atoms with Gasteiger partial charge in [0.2, 0.25) is 0 Å². The van der Waals surface area contributed by atoms with Crippen molar-refractivity contribution in [3.8, 4) is 5.75 Å². The minimum Gasteiger partial charge on any atom is -0.504 e. The first-order chi connectivity index (χ1) is 5.95. The molecule has 0 amide bonds. The van der Waals surface area contributed by atoms with Crippen molar-refractivity contribution >= 4 is 21.9 Å². The van der Waals surface area contributed by atoms with Crippen LogP contribution in [0.15, 0.2) is 10.5 Å². The van der Waals surface area contributed by atoms with Gasteiger partial charge < -0.3 is 10.2 Å². The van der Waals surface area contributed by atoms with Crippen molar-refractivity contribution in [1.82, 2.24) is 0 Å². The smallest absolute Gasteiger partial charge is 0.340 e. The fourth-order valence-electron chi connectivity index (χ4n) is 0.938. The summed E-state index contributed by atoms with van der Waals surface area (Å²) in [4.78, 5) is 10.6. The van der Waals surface area contributed by atoms with E-state index >= 15 is 0 Å². The van der Waals surface area contributed by atoms with E-state index in [0.717, 1.165) is 6.07 Å². The number of aryl methyl sites for hydroxylation is 1. The molecular formula is C8H6BrFO3. The number of carbonyl (C=O) groups is 1. The van der Waals surface area contributed by atoms with Gasteiger partial charge in [0.05, 0.1) is 0 Å². The van der Waals surface area contributed by atoms with Crippen molar-refractivity contribution in [2.24, 2.45) is 0 Å². The minimum absolute atomic E-state index is 0.193. The van der Waals surface area contributed by atoms with Gasteiger partial charge in [-0.25, -0.2) is 9.18 Å². The first-order valence-electron chi connectivity index (χ1n) is 3.36. The Balaban J connectivity index is 3.56. The van der Waals surface area contributed by atoms with Crippen LogP contribution in [0.1, 0.15) is 15.9 Å². The lowest BCUT2D eigenvalue weighted by Gasteiger charge is -2.06. The lowest BCUT2D eigenvalue weighted by atomic mass is 10.1. The molecule has 0 aromatic heterocycles. The maximum atomic E-state index is 12.8. The number of phenols is 1. The predicted octanol–water partition coefficient (Wildman–Crippen LogP) is 2.30. The van der Waals surface area contributed by atoms with Gasteiger partial charge >= 0.3 is 5.97 Å². The molecule has 1 aromatic carbocycles. The van der Waals surface area contributed by atoms with E-state index in [2.05, 4.69) is 15.9 Å². The molecule has 2 N–H and O–H groups in total. The average molecular weight is 249 g/mol. The van der Waals surface area contributed by atoms with Crippen LogP contribution < -0.4 is 0 Å². The molecule has 0 aliphatic rings. The molecule has 0 bridgehead atoms. The van der Waals surface area contributed by atoms with E-state index in [-0.39, 0.29) is 4.47 Å². The Bertz CT molecular complexity index is 350. The van der Waals surface area contributed by atoms with Crippen molar-refractivity contribution in [1.29, 1.82) is 0 Å². The highest BCUT2D eigenvalue weighted by atomic mass is 79.9. The van der Waals surface area contributed by atoms with E-state index < -0.39 is 23.1 Å². The van der Waals surface area contributed by atoms with Crippen LogP contribution in [0.4, 0.5) is 4.39 Å². The molecule has 0 aliphatic carbocycles. The van der Waals surface area contributed by atoms with Gasteiger partial charge in [-0.05, 0) is 34.5 Å². The van der Waals surface area contributed by atoms with Gasteiger partial charge in [0.25, 0.3) is 0 Å². The third-order valence-electron chi connectivity index (χ3n) is 1.59. The van der Waals surface area contributed by atoms with Crippen LogP contribution in [0.5, 0.6) is 5.75 Å². The molecule has 13 heavy (non-hydrogen) atoms. The number of carboxylic acid groups (broad SMARTS) is 1. The summed E-state index contributed by atoms with van der Waals surface area (Å²) in [6.07, 6.45) is 0. The average Bonchev–Trinajstić information content (AvgIpc) is 2.01. The van der Waals surface area contributed by atoms with E-state index in [4.69, 9.17) is 10.2 Å². The molecule has 3 nitrogen and oxygen atoms in total. The Morgan fingerprint density at radius 3 is 2.62 bits per heavy atom. The molecule has 0 radical (unpaired) electrons. The van der Waals surface area contributed by atoms with Crippen LogP contribution in [0, 0.1) is 12.7 Å². The van der Waals surface area contributed by atoms with E-state index in [1.54, 1.807) is 6.92 Å². The zero-order valence-electron chi connectivity index (χ0n) is 6.64. The fourth-order valence-corrected chi connectivity index (χ4v) is 1.41. The fraction of sp³-hybridized carbons (Fsp3) is 0.125. The van der Waals surface area contributed by atoms with Gasteiger partial charge in [-0.3, -0.25) is 0 Å². The summed E-state index contributed by atoms with van der Waals surface area (Å²) in [5, 5.41) is 17.7. The second-order valence-corrected chi connectivity index (χ2v) is 3.31. The number of carboxylic acids is 1. The Morgan fingerprint density at radius 2 is 2.15 bits per heavy atom. The third-order valence-corrected chi connectivity index (χ3v) is 2.61. The first kappa shape index (κ1) is 9.98. The lowest BCUT2D eigenvalue weighted by Crippen LogP contribution is -2.01. The lowest BCUT2D eigenvalue weighted by molar-refractivity contribution is 0.0691. The second-order valence-electron chi connectivity index (χ2n) is 2.52. The highest BCUT2D eigenvalue weighted by Gasteiger charge is 2.19. The first-order valence-corrected chi connectivity index (χ1v) is 4.15. The highest BCUT2D eigenvalue weighted by molar-refractivity contribution is 9.10. The second kappa shape index (κ2) is 3.33. The van der Waals surface area contributed by atoms with Crippen molar-refractivity contribution in [3.63, 3.8) is 0 Å². The summed E-state index contributed by atoms with van der Waals surface area (Å²) in [5.41, 5.74) is -0.0230. The van der Waals surface area contributed by atoms with Crippen LogP contribution in [0.2, 0.25) is 0 Å². The van der Waals surface area contributed by atoms with Crippen LogP contribution in [-0.2, 0) is 0 Å². The van der Waals surface area contributed by atoms with Gasteiger partial charge in [0, 0.05) is 4.47 Å². The van der Waals surface area contributed by atoms with E-state index in [1.165, 1.54) is 0 Å².